The molecule has 0 radical (unpaired) electrons. The van der Waals surface area contributed by atoms with Crippen LogP contribution in [0, 0.1) is 5.92 Å². The van der Waals surface area contributed by atoms with Crippen LogP contribution < -0.4 is 0 Å². The van der Waals surface area contributed by atoms with E-state index in [1.165, 1.54) is 5.56 Å². The number of aldehydes is 1. The summed E-state index contributed by atoms with van der Waals surface area (Å²) in [5, 5.41) is 0. The van der Waals surface area contributed by atoms with Crippen LogP contribution >= 0.6 is 31.9 Å². The number of carbonyl (C=O) groups excluding carboxylic acids is 2. The fourth-order valence-corrected chi connectivity index (χ4v) is 4.23. The summed E-state index contributed by atoms with van der Waals surface area (Å²) in [4.78, 5) is 22.6. The molecule has 0 spiro atoms. The van der Waals surface area contributed by atoms with Crippen molar-refractivity contribution in [1.82, 2.24) is 0 Å². The zero-order chi connectivity index (χ0) is 15.4. The van der Waals surface area contributed by atoms with Crippen molar-refractivity contribution in [2.75, 3.05) is 0 Å². The van der Waals surface area contributed by atoms with E-state index in [1.54, 1.807) is 0 Å². The van der Waals surface area contributed by atoms with Crippen LogP contribution in [-0.4, -0.2) is 16.9 Å². The average molecular weight is 416 g/mol. The highest BCUT2D eigenvalue weighted by Gasteiger charge is 2.27. The molecule has 1 unspecified atom stereocenters. The number of alkyl halides is 1. The molecule has 1 atom stereocenters. The van der Waals surface area contributed by atoms with E-state index >= 15 is 0 Å². The predicted molar refractivity (Wildman–Crippen MR) is 92.2 cm³/mol. The maximum Gasteiger partial charge on any atom is 0.163 e. The van der Waals surface area contributed by atoms with E-state index in [0.717, 1.165) is 42.0 Å². The Hall–Kier alpha value is -0.480. The van der Waals surface area contributed by atoms with Crippen LogP contribution in [0.2, 0.25) is 0 Å². The molecule has 0 aromatic heterocycles. The summed E-state index contributed by atoms with van der Waals surface area (Å²) in [6.45, 7) is 1.88. The van der Waals surface area contributed by atoms with E-state index in [0.29, 0.717) is 18.3 Å². The van der Waals surface area contributed by atoms with Crippen molar-refractivity contribution in [3.63, 3.8) is 0 Å². The second-order valence-electron chi connectivity index (χ2n) is 5.71. The number of halogens is 2. The smallest absolute Gasteiger partial charge is 0.163 e. The standard InChI is InChI=1S/C17H20Br2O2/c1-2-17(21)14-8-7-13(9-15(14)18)11-3-5-12(6-4-11)16(19)10-20/h7-12,16H,2-6H2,1H3. The largest absolute Gasteiger partial charge is 0.302 e. The van der Waals surface area contributed by atoms with Gasteiger partial charge >= 0.3 is 0 Å². The van der Waals surface area contributed by atoms with E-state index in [9.17, 15) is 9.59 Å². The van der Waals surface area contributed by atoms with Gasteiger partial charge in [0.2, 0.25) is 0 Å². The number of hydrogen-bond acceptors (Lipinski definition) is 2. The van der Waals surface area contributed by atoms with Crippen LogP contribution in [0.25, 0.3) is 0 Å². The van der Waals surface area contributed by atoms with Gasteiger partial charge in [0.25, 0.3) is 0 Å². The Morgan fingerprint density at radius 1 is 1.33 bits per heavy atom. The third-order valence-corrected chi connectivity index (χ3v) is 6.06. The fraction of sp³-hybridized carbons (Fsp3) is 0.529. The Morgan fingerprint density at radius 2 is 2.00 bits per heavy atom. The third kappa shape index (κ3) is 4.04. The minimum atomic E-state index is -0.00487. The van der Waals surface area contributed by atoms with Gasteiger partial charge in [-0.1, -0.05) is 44.8 Å². The van der Waals surface area contributed by atoms with Crippen molar-refractivity contribution < 1.29 is 9.59 Å². The topological polar surface area (TPSA) is 34.1 Å². The van der Waals surface area contributed by atoms with Crippen LogP contribution in [0.5, 0.6) is 0 Å². The summed E-state index contributed by atoms with van der Waals surface area (Å²) in [7, 11) is 0. The lowest BCUT2D eigenvalue weighted by Crippen LogP contribution is -2.22. The van der Waals surface area contributed by atoms with Crippen molar-refractivity contribution in [2.24, 2.45) is 5.92 Å². The van der Waals surface area contributed by atoms with Crippen molar-refractivity contribution in [3.8, 4) is 0 Å². The van der Waals surface area contributed by atoms with Gasteiger partial charge in [-0.2, -0.15) is 0 Å². The highest BCUT2D eigenvalue weighted by molar-refractivity contribution is 9.10. The van der Waals surface area contributed by atoms with Gasteiger partial charge in [-0.3, -0.25) is 4.79 Å². The number of rotatable bonds is 5. The Labute approximate surface area is 142 Å². The summed E-state index contributed by atoms with van der Waals surface area (Å²) in [5.41, 5.74) is 2.07. The van der Waals surface area contributed by atoms with E-state index in [-0.39, 0.29) is 10.6 Å². The van der Waals surface area contributed by atoms with Crippen LogP contribution in [-0.2, 0) is 4.79 Å². The first-order valence-corrected chi connectivity index (χ1v) is 9.19. The molecule has 1 fully saturated rings. The van der Waals surface area contributed by atoms with E-state index in [1.807, 2.05) is 13.0 Å². The van der Waals surface area contributed by atoms with Crippen molar-refractivity contribution in [2.45, 2.75) is 49.8 Å². The molecule has 1 saturated carbocycles. The maximum absolute atomic E-state index is 11.8. The summed E-state index contributed by atoms with van der Waals surface area (Å²) in [5.74, 6) is 1.17. The number of Topliss-reactive ketones (excluding diaryl/α,β-unsaturated/α-hetero) is 1. The molecule has 1 aromatic carbocycles. The highest BCUT2D eigenvalue weighted by atomic mass is 79.9. The van der Waals surface area contributed by atoms with E-state index < -0.39 is 0 Å². The van der Waals surface area contributed by atoms with Gasteiger partial charge in [0, 0.05) is 16.5 Å². The molecule has 0 saturated heterocycles. The summed E-state index contributed by atoms with van der Waals surface area (Å²) < 4.78 is 0.903. The first kappa shape index (κ1) is 16.9. The van der Waals surface area contributed by atoms with Crippen LogP contribution in [0.4, 0.5) is 0 Å². The molecule has 1 aliphatic rings. The molecule has 0 heterocycles. The molecule has 2 nitrogen and oxygen atoms in total. The van der Waals surface area contributed by atoms with Gasteiger partial charge in [0.05, 0.1) is 4.83 Å². The number of carbonyl (C=O) groups is 2. The molecule has 0 aliphatic heterocycles. The highest BCUT2D eigenvalue weighted by Crippen LogP contribution is 2.39. The second-order valence-corrected chi connectivity index (χ2v) is 7.62. The van der Waals surface area contributed by atoms with Gasteiger partial charge in [-0.05, 0) is 55.2 Å². The molecule has 0 amide bonds. The zero-order valence-electron chi connectivity index (χ0n) is 12.1. The summed E-state index contributed by atoms with van der Waals surface area (Å²) in [6, 6.07) is 6.12. The van der Waals surface area contributed by atoms with Gasteiger partial charge in [0.1, 0.15) is 6.29 Å². The van der Waals surface area contributed by atoms with E-state index in [2.05, 4.69) is 44.0 Å². The third-order valence-electron chi connectivity index (χ3n) is 4.44. The van der Waals surface area contributed by atoms with Crippen molar-refractivity contribution >= 4 is 43.9 Å². The quantitative estimate of drug-likeness (QED) is 0.372. The van der Waals surface area contributed by atoms with Crippen molar-refractivity contribution in [3.05, 3.63) is 33.8 Å². The van der Waals surface area contributed by atoms with Crippen LogP contribution in [0.1, 0.15) is 60.9 Å². The molecule has 2 rings (SSSR count). The lowest BCUT2D eigenvalue weighted by molar-refractivity contribution is -0.108. The van der Waals surface area contributed by atoms with Crippen molar-refractivity contribution in [1.29, 1.82) is 0 Å². The van der Waals surface area contributed by atoms with Gasteiger partial charge < -0.3 is 4.79 Å². The first-order chi connectivity index (χ1) is 10.1. The lowest BCUT2D eigenvalue weighted by atomic mass is 9.77. The molecule has 0 bridgehead atoms. The molecule has 4 heteroatoms. The van der Waals surface area contributed by atoms with Gasteiger partial charge in [0.15, 0.2) is 5.78 Å². The molecular formula is C17H20Br2O2. The SMILES string of the molecule is CCC(=O)c1ccc(C2CCC(C(Br)C=O)CC2)cc1Br. The molecule has 21 heavy (non-hydrogen) atoms. The average Bonchev–Trinajstić information content (AvgIpc) is 2.53. The Balaban J connectivity index is 2.06. The predicted octanol–water partition coefficient (Wildman–Crippen LogP) is 5.28. The van der Waals surface area contributed by atoms with Crippen LogP contribution in [0.3, 0.4) is 0 Å². The second kappa shape index (κ2) is 7.68. The molecule has 1 aromatic rings. The number of hydrogen-bond donors (Lipinski definition) is 0. The minimum Gasteiger partial charge on any atom is -0.302 e. The normalized spacial score (nSPS) is 23.6. The Morgan fingerprint density at radius 3 is 2.52 bits per heavy atom. The first-order valence-electron chi connectivity index (χ1n) is 7.48. The fourth-order valence-electron chi connectivity index (χ4n) is 3.08. The Bertz CT molecular complexity index is 520. The molecule has 1 aliphatic carbocycles. The number of benzene rings is 1. The van der Waals surface area contributed by atoms with E-state index in [4.69, 9.17) is 0 Å². The van der Waals surface area contributed by atoms with Gasteiger partial charge in [-0.25, -0.2) is 0 Å². The minimum absolute atomic E-state index is 0.00487. The summed E-state index contributed by atoms with van der Waals surface area (Å²) >= 11 is 6.97. The number of ketones is 1. The summed E-state index contributed by atoms with van der Waals surface area (Å²) in [6.07, 6.45) is 5.90. The Kier molecular flexibility index (Phi) is 6.18. The molecule has 114 valence electrons. The lowest BCUT2D eigenvalue weighted by Gasteiger charge is -2.30. The van der Waals surface area contributed by atoms with Gasteiger partial charge in [-0.15, -0.1) is 0 Å². The monoisotopic (exact) mass is 414 g/mol. The zero-order valence-corrected chi connectivity index (χ0v) is 15.3. The van der Waals surface area contributed by atoms with Crippen LogP contribution in [0.15, 0.2) is 22.7 Å². The maximum atomic E-state index is 11.8. The molecule has 0 N–H and O–H groups in total. The molecular weight excluding hydrogens is 396 g/mol.